The van der Waals surface area contributed by atoms with Gasteiger partial charge in [-0.05, 0) is 20.0 Å². The fourth-order valence-corrected chi connectivity index (χ4v) is 1.22. The van der Waals surface area contributed by atoms with Crippen LogP contribution < -0.4 is 10.6 Å². The lowest BCUT2D eigenvalue weighted by atomic mass is 10.0. The minimum atomic E-state index is 0.0365. The fourth-order valence-electron chi connectivity index (χ4n) is 1.22. The zero-order valence-electron chi connectivity index (χ0n) is 9.92. The Bertz CT molecular complexity index is 169. The number of likely N-dealkylation sites (N-methyl/N-ethyl adjacent to an activating group) is 2. The lowest BCUT2D eigenvalue weighted by Crippen LogP contribution is -2.45. The second-order valence-electron chi connectivity index (χ2n) is 4.17. The maximum atomic E-state index is 11.0. The van der Waals surface area contributed by atoms with Crippen LogP contribution in [0.1, 0.15) is 13.8 Å². The van der Waals surface area contributed by atoms with E-state index in [1.807, 2.05) is 14.1 Å². The summed E-state index contributed by atoms with van der Waals surface area (Å²) in [6.07, 6.45) is 0. The van der Waals surface area contributed by atoms with Crippen LogP contribution in [0.2, 0.25) is 0 Å². The lowest BCUT2D eigenvalue weighted by molar-refractivity contribution is -0.119. The number of carbonyl (C=O) groups excluding carboxylic acids is 1. The highest BCUT2D eigenvalue weighted by Gasteiger charge is 2.14. The molecule has 0 fully saturated rings. The minimum Gasteiger partial charge on any atom is -0.358 e. The van der Waals surface area contributed by atoms with Gasteiger partial charge in [-0.2, -0.15) is 0 Å². The van der Waals surface area contributed by atoms with Gasteiger partial charge in [0.1, 0.15) is 0 Å². The van der Waals surface area contributed by atoms with E-state index in [0.29, 0.717) is 18.5 Å². The Labute approximate surface area is 87.0 Å². The molecule has 0 saturated carbocycles. The zero-order chi connectivity index (χ0) is 11.1. The topological polar surface area (TPSA) is 44.4 Å². The number of nitrogens with zero attached hydrogens (tertiary/aromatic N) is 1. The number of carbonyl (C=O) groups is 1. The predicted molar refractivity (Wildman–Crippen MR) is 59.2 cm³/mol. The van der Waals surface area contributed by atoms with Crippen LogP contribution in [-0.2, 0) is 4.79 Å². The molecule has 1 unspecified atom stereocenters. The Morgan fingerprint density at radius 2 is 1.93 bits per heavy atom. The molecule has 0 rings (SSSR count). The van der Waals surface area contributed by atoms with E-state index in [9.17, 15) is 4.79 Å². The van der Waals surface area contributed by atoms with Gasteiger partial charge in [0.2, 0.25) is 5.91 Å². The molecule has 14 heavy (non-hydrogen) atoms. The summed E-state index contributed by atoms with van der Waals surface area (Å²) < 4.78 is 0. The van der Waals surface area contributed by atoms with Gasteiger partial charge in [0.15, 0.2) is 0 Å². The summed E-state index contributed by atoms with van der Waals surface area (Å²) in [5, 5.41) is 5.85. The first-order valence-corrected chi connectivity index (χ1v) is 5.06. The summed E-state index contributed by atoms with van der Waals surface area (Å²) in [5.74, 6) is 0.566. The van der Waals surface area contributed by atoms with Crippen molar-refractivity contribution in [1.29, 1.82) is 0 Å². The third kappa shape index (κ3) is 5.94. The first-order chi connectivity index (χ1) is 6.47. The van der Waals surface area contributed by atoms with Crippen molar-refractivity contribution in [3.05, 3.63) is 0 Å². The molecule has 0 heterocycles. The van der Waals surface area contributed by atoms with Gasteiger partial charge in [-0.1, -0.05) is 13.8 Å². The Morgan fingerprint density at radius 1 is 1.36 bits per heavy atom. The van der Waals surface area contributed by atoms with E-state index in [1.165, 1.54) is 0 Å². The lowest BCUT2D eigenvalue weighted by Gasteiger charge is -2.25. The molecule has 2 N–H and O–H groups in total. The molecule has 0 radical (unpaired) electrons. The Kier molecular flexibility index (Phi) is 6.49. The van der Waals surface area contributed by atoms with E-state index in [-0.39, 0.29) is 5.91 Å². The molecule has 0 spiro atoms. The largest absolute Gasteiger partial charge is 0.358 e. The molecule has 0 aromatic heterocycles. The molecule has 0 bridgehead atoms. The van der Waals surface area contributed by atoms with Gasteiger partial charge in [0.25, 0.3) is 0 Å². The molecule has 1 amide bonds. The third-order valence-electron chi connectivity index (χ3n) is 2.17. The fraction of sp³-hybridized carbons (Fsp3) is 0.900. The summed E-state index contributed by atoms with van der Waals surface area (Å²) >= 11 is 0. The van der Waals surface area contributed by atoms with Crippen LogP contribution in [0.5, 0.6) is 0 Å². The number of amides is 1. The van der Waals surface area contributed by atoms with Gasteiger partial charge in [0.05, 0.1) is 6.54 Å². The maximum Gasteiger partial charge on any atom is 0.233 e. The third-order valence-corrected chi connectivity index (χ3v) is 2.17. The Balaban J connectivity index is 3.91. The van der Waals surface area contributed by atoms with E-state index >= 15 is 0 Å². The van der Waals surface area contributed by atoms with Crippen LogP contribution >= 0.6 is 0 Å². The van der Waals surface area contributed by atoms with Gasteiger partial charge in [-0.3, -0.25) is 4.79 Å². The second-order valence-corrected chi connectivity index (χ2v) is 4.17. The quantitative estimate of drug-likeness (QED) is 0.631. The summed E-state index contributed by atoms with van der Waals surface area (Å²) in [4.78, 5) is 13.2. The molecule has 4 nitrogen and oxygen atoms in total. The Hall–Kier alpha value is -0.610. The Morgan fingerprint density at radius 3 is 2.29 bits per heavy atom. The van der Waals surface area contributed by atoms with Gasteiger partial charge in [-0.15, -0.1) is 0 Å². The van der Waals surface area contributed by atoms with Crippen molar-refractivity contribution in [3.8, 4) is 0 Å². The van der Waals surface area contributed by atoms with Crippen molar-refractivity contribution < 1.29 is 4.79 Å². The number of hydrogen-bond donors (Lipinski definition) is 2. The smallest absolute Gasteiger partial charge is 0.233 e. The number of hydrogen-bond acceptors (Lipinski definition) is 3. The average molecular weight is 201 g/mol. The van der Waals surface area contributed by atoms with E-state index in [2.05, 4.69) is 29.4 Å². The van der Waals surface area contributed by atoms with E-state index in [4.69, 9.17) is 0 Å². The van der Waals surface area contributed by atoms with Gasteiger partial charge in [-0.25, -0.2) is 0 Å². The highest BCUT2D eigenvalue weighted by molar-refractivity contribution is 5.77. The van der Waals surface area contributed by atoms with Crippen LogP contribution in [-0.4, -0.2) is 51.1 Å². The van der Waals surface area contributed by atoms with Crippen molar-refractivity contribution in [2.45, 2.75) is 19.9 Å². The standard InChI is InChI=1S/C10H23N3O/c1-8(2)9(7-13(4)5)12-6-10(14)11-3/h8-9,12H,6-7H2,1-5H3,(H,11,14). The molecule has 1 atom stereocenters. The van der Waals surface area contributed by atoms with E-state index in [0.717, 1.165) is 6.54 Å². The molecule has 0 aromatic carbocycles. The summed E-state index contributed by atoms with van der Waals surface area (Å²) in [5.41, 5.74) is 0. The van der Waals surface area contributed by atoms with Crippen LogP contribution in [0, 0.1) is 5.92 Å². The van der Waals surface area contributed by atoms with Gasteiger partial charge in [0, 0.05) is 19.6 Å². The first kappa shape index (κ1) is 13.4. The summed E-state index contributed by atoms with van der Waals surface area (Å²) in [7, 11) is 5.73. The molecular formula is C10H23N3O. The van der Waals surface area contributed by atoms with Crippen molar-refractivity contribution in [3.63, 3.8) is 0 Å². The summed E-state index contributed by atoms with van der Waals surface area (Å²) in [6.45, 7) is 5.66. The molecule has 84 valence electrons. The SMILES string of the molecule is CNC(=O)CNC(CN(C)C)C(C)C. The second kappa shape index (κ2) is 6.79. The molecule has 4 heteroatoms. The summed E-state index contributed by atoms with van der Waals surface area (Å²) in [6, 6.07) is 0.363. The van der Waals surface area contributed by atoms with Crippen molar-refractivity contribution in [2.75, 3.05) is 34.2 Å². The predicted octanol–water partition coefficient (Wildman–Crippen LogP) is -0.0918. The average Bonchev–Trinajstić information content (AvgIpc) is 2.10. The maximum absolute atomic E-state index is 11.0. The molecule has 0 aliphatic rings. The zero-order valence-corrected chi connectivity index (χ0v) is 9.92. The molecular weight excluding hydrogens is 178 g/mol. The van der Waals surface area contributed by atoms with E-state index < -0.39 is 0 Å². The molecule has 0 saturated heterocycles. The van der Waals surface area contributed by atoms with Crippen LogP contribution in [0.25, 0.3) is 0 Å². The number of nitrogens with one attached hydrogen (secondary N) is 2. The monoisotopic (exact) mass is 201 g/mol. The van der Waals surface area contributed by atoms with Crippen molar-refractivity contribution in [2.24, 2.45) is 5.92 Å². The van der Waals surface area contributed by atoms with Crippen LogP contribution in [0.4, 0.5) is 0 Å². The van der Waals surface area contributed by atoms with Crippen LogP contribution in [0.3, 0.4) is 0 Å². The van der Waals surface area contributed by atoms with Gasteiger partial charge < -0.3 is 15.5 Å². The van der Waals surface area contributed by atoms with Gasteiger partial charge >= 0.3 is 0 Å². The first-order valence-electron chi connectivity index (χ1n) is 5.06. The van der Waals surface area contributed by atoms with Crippen molar-refractivity contribution >= 4 is 5.91 Å². The molecule has 0 aromatic rings. The van der Waals surface area contributed by atoms with Crippen LogP contribution in [0.15, 0.2) is 0 Å². The van der Waals surface area contributed by atoms with Crippen molar-refractivity contribution in [1.82, 2.24) is 15.5 Å². The molecule has 0 aliphatic heterocycles. The molecule has 0 aliphatic carbocycles. The number of rotatable bonds is 6. The highest BCUT2D eigenvalue weighted by Crippen LogP contribution is 2.01. The van der Waals surface area contributed by atoms with E-state index in [1.54, 1.807) is 7.05 Å². The highest BCUT2D eigenvalue weighted by atomic mass is 16.1. The normalized spacial score (nSPS) is 13.4. The minimum absolute atomic E-state index is 0.0365.